The lowest BCUT2D eigenvalue weighted by Crippen LogP contribution is -2.47. The van der Waals surface area contributed by atoms with E-state index in [1.54, 1.807) is 6.92 Å². The number of nitrogens with zero attached hydrogens (tertiary/aromatic N) is 8. The smallest absolute Gasteiger partial charge is 0.313 e. The van der Waals surface area contributed by atoms with Crippen LogP contribution in [0.5, 0.6) is 5.75 Å². The van der Waals surface area contributed by atoms with Gasteiger partial charge in [-0.25, -0.2) is 28.7 Å². The number of nitrogen functional groups attached to an aromatic ring is 2. The van der Waals surface area contributed by atoms with Gasteiger partial charge in [-0.3, -0.25) is 19.4 Å². The van der Waals surface area contributed by atoms with Crippen molar-refractivity contribution in [2.24, 2.45) is 0 Å². The van der Waals surface area contributed by atoms with Crippen LogP contribution in [0.3, 0.4) is 0 Å². The lowest BCUT2D eigenvalue weighted by atomic mass is 10.1. The van der Waals surface area contributed by atoms with Crippen molar-refractivity contribution < 1.29 is 41.4 Å². The molecule has 17 nitrogen and oxygen atoms in total. The Bertz CT molecular complexity index is 3040. The Labute approximate surface area is 426 Å². The van der Waals surface area contributed by atoms with Crippen LogP contribution >= 0.6 is 0 Å². The van der Waals surface area contributed by atoms with Gasteiger partial charge in [-0.1, -0.05) is 26.7 Å². The average Bonchev–Trinajstić information content (AvgIpc) is 4.04. The van der Waals surface area contributed by atoms with E-state index in [2.05, 4.69) is 82.4 Å². The molecule has 396 valence electrons. The highest BCUT2D eigenvalue weighted by Crippen LogP contribution is 2.32. The molecule has 0 unspecified atom stereocenters. The van der Waals surface area contributed by atoms with Crippen molar-refractivity contribution in [2.75, 3.05) is 113 Å². The molecule has 7 aromatic rings. The minimum absolute atomic E-state index is 0.0435. The first-order chi connectivity index (χ1) is 35.8. The maximum Gasteiger partial charge on any atom is 0.313 e. The number of H-pyrrole nitrogens is 2. The lowest BCUT2D eigenvalue weighted by molar-refractivity contribution is -0.136. The number of fused-ring (bicyclic) bond motifs is 6. The van der Waals surface area contributed by atoms with Crippen LogP contribution in [0.2, 0.25) is 0 Å². The van der Waals surface area contributed by atoms with Crippen molar-refractivity contribution in [3.63, 3.8) is 0 Å². The van der Waals surface area contributed by atoms with E-state index >= 15 is 0 Å². The summed E-state index contributed by atoms with van der Waals surface area (Å²) in [6.07, 6.45) is 6.33. The third kappa shape index (κ3) is 13.2. The monoisotopic (exact) mass is 1030 g/mol. The molecule has 3 aromatic carbocycles. The molecule has 0 atom stereocenters. The number of aryl methyl sites for hydroxylation is 2. The number of aromatic nitrogens is 6. The lowest BCUT2D eigenvalue weighted by Gasteiger charge is -2.36. The molecule has 2 saturated heterocycles. The number of rotatable bonds is 21. The summed E-state index contributed by atoms with van der Waals surface area (Å²) in [4.78, 5) is 57.7. The molecule has 21 heteroatoms. The molecule has 6 heterocycles. The zero-order valence-electron chi connectivity index (χ0n) is 42.4. The highest BCUT2D eigenvalue weighted by molar-refractivity contribution is 6.08. The Kier molecular flexibility index (Phi) is 18.1. The number of imidazole rings is 2. The van der Waals surface area contributed by atoms with Gasteiger partial charge in [0, 0.05) is 113 Å². The molecule has 6 N–H and O–H groups in total. The molecule has 0 bridgehead atoms. The quantitative estimate of drug-likeness (QED) is 0.0177. The molecule has 0 radical (unpaired) electrons. The van der Waals surface area contributed by atoms with Crippen LogP contribution in [0.4, 0.5) is 40.6 Å². The Morgan fingerprint density at radius 3 is 1.49 bits per heavy atom. The summed E-state index contributed by atoms with van der Waals surface area (Å²) in [5.74, 6) is -6.28. The van der Waals surface area contributed by atoms with Crippen molar-refractivity contribution in [2.45, 2.75) is 72.1 Å². The predicted molar refractivity (Wildman–Crippen MR) is 280 cm³/mol. The fraction of sp³-hybridized carbons (Fsp3) is 0.472. The predicted octanol–water partition coefficient (Wildman–Crippen LogP) is 7.88. The molecular weight excluding hydrogens is 961 g/mol. The number of pyridine rings is 2. The fourth-order valence-corrected chi connectivity index (χ4v) is 9.15. The Morgan fingerprint density at radius 1 is 0.608 bits per heavy atom. The number of anilines is 4. The molecule has 4 aromatic heterocycles. The Balaban J connectivity index is 0.000000204. The fourth-order valence-electron chi connectivity index (χ4n) is 9.15. The number of ketones is 1. The summed E-state index contributed by atoms with van der Waals surface area (Å²) >= 11 is 0. The maximum absolute atomic E-state index is 13.7. The number of nitrogens with two attached hydrogens (primary N) is 2. The number of esters is 1. The molecule has 0 saturated carbocycles. The Morgan fingerprint density at radius 2 is 1.05 bits per heavy atom. The highest BCUT2D eigenvalue weighted by atomic mass is 19.2. The van der Waals surface area contributed by atoms with Crippen LogP contribution in [0.1, 0.15) is 70.9 Å². The summed E-state index contributed by atoms with van der Waals surface area (Å²) in [6.45, 7) is 16.0. The third-order valence-electron chi connectivity index (χ3n) is 13.4. The van der Waals surface area contributed by atoms with E-state index in [4.69, 9.17) is 30.9 Å². The normalized spacial score (nSPS) is 14.6. The SMILES string of the molecule is CCCCc1nc2c([nH]1)c(N)nc1cc(N3CCN(CCOCCC(=O)Oc4c(F)c(F)cc(F)c4F)CC3)ccc12.CCCCc1nc2c([nH]1)c(N)nc1cc(N3CCN(CCOCCC(C)=O)CC3)ccc12. The highest BCUT2D eigenvalue weighted by Gasteiger charge is 2.24. The van der Waals surface area contributed by atoms with Gasteiger partial charge in [0.15, 0.2) is 11.6 Å². The van der Waals surface area contributed by atoms with Crippen LogP contribution < -0.4 is 26.0 Å². The molecule has 9 rings (SSSR count). The second kappa shape index (κ2) is 25.0. The van der Waals surface area contributed by atoms with Gasteiger partial charge in [0.25, 0.3) is 0 Å². The number of unbranched alkanes of at least 4 members (excludes halogenated alkanes) is 2. The minimum Gasteiger partial charge on any atom is -0.420 e. The second-order valence-electron chi connectivity index (χ2n) is 18.8. The molecule has 0 spiro atoms. The van der Waals surface area contributed by atoms with Crippen molar-refractivity contribution in [3.8, 4) is 5.75 Å². The maximum atomic E-state index is 13.7. The van der Waals surface area contributed by atoms with Crippen molar-refractivity contribution in [3.05, 3.63) is 77.4 Å². The van der Waals surface area contributed by atoms with Gasteiger partial charge in [0.2, 0.25) is 17.4 Å². The number of carbonyl (C=O) groups excluding carboxylic acids is 2. The number of ether oxygens (including phenoxy) is 3. The third-order valence-corrected chi connectivity index (χ3v) is 13.4. The van der Waals surface area contributed by atoms with Crippen LogP contribution in [-0.2, 0) is 31.9 Å². The standard InChI is InChI=1S/C29H32F4N6O3.C24H34N6O2/c1-2-3-4-22-36-26-18-6-5-17(15-21(18)35-29(34)27(26)37-22)39-10-8-38(9-11-39)12-14-41-13-7-23(40)42-28-24(32)19(30)16-20(31)25(28)33;1-3-4-5-21-27-22-19-7-6-18(16-20(19)26-24(25)23(22)28-21)30-11-9-29(10-12-30)13-15-32-14-8-17(2)31/h5-6,15-16H,2-4,7-14H2,1H3,(H2,34,35)(H,36,37);6-7,16H,3-5,8-15H2,1-2H3,(H2,25,26)(H,27,28). The molecule has 74 heavy (non-hydrogen) atoms. The summed E-state index contributed by atoms with van der Waals surface area (Å²) in [6, 6.07) is 12.6. The minimum atomic E-state index is -1.77. The number of benzene rings is 3. The van der Waals surface area contributed by atoms with Gasteiger partial charge in [0.05, 0.1) is 43.9 Å². The van der Waals surface area contributed by atoms with Gasteiger partial charge < -0.3 is 45.4 Å². The first kappa shape index (κ1) is 53.6. The van der Waals surface area contributed by atoms with E-state index in [0.717, 1.165) is 159 Å². The van der Waals surface area contributed by atoms with Gasteiger partial charge >= 0.3 is 5.97 Å². The van der Waals surface area contributed by atoms with E-state index in [-0.39, 0.29) is 24.9 Å². The van der Waals surface area contributed by atoms with Crippen LogP contribution in [0, 0.1) is 23.3 Å². The van der Waals surface area contributed by atoms with Crippen molar-refractivity contribution in [1.82, 2.24) is 39.7 Å². The number of piperazine rings is 2. The number of carbonyl (C=O) groups is 2. The largest absolute Gasteiger partial charge is 0.420 e. The molecule has 2 aliphatic heterocycles. The van der Waals surface area contributed by atoms with Gasteiger partial charge in [0.1, 0.15) is 51.1 Å². The van der Waals surface area contributed by atoms with Crippen molar-refractivity contribution >= 4 is 78.6 Å². The van der Waals surface area contributed by atoms with Crippen LogP contribution in [0.15, 0.2) is 42.5 Å². The molecule has 2 aliphatic rings. The number of halogens is 4. The topological polar surface area (TPSA) is 210 Å². The Hall–Kier alpha value is -6.68. The number of aromatic amines is 2. The number of hydrogen-bond acceptors (Lipinski definition) is 15. The van der Waals surface area contributed by atoms with Gasteiger partial charge in [-0.05, 0) is 56.2 Å². The van der Waals surface area contributed by atoms with E-state index in [1.165, 1.54) is 5.69 Å². The van der Waals surface area contributed by atoms with E-state index < -0.39 is 35.0 Å². The van der Waals surface area contributed by atoms with Gasteiger partial charge in [-0.2, -0.15) is 8.78 Å². The number of hydrogen-bond donors (Lipinski definition) is 4. The first-order valence-electron chi connectivity index (χ1n) is 25.6. The van der Waals surface area contributed by atoms with Crippen LogP contribution in [0.25, 0.3) is 43.9 Å². The number of Topliss-reactive ketones (excluding diaryl/α,β-unsaturated/α-hetero) is 1. The molecular formula is C53H66F4N12O5. The second-order valence-corrected chi connectivity index (χ2v) is 18.8. The molecule has 0 aliphatic carbocycles. The van der Waals surface area contributed by atoms with Gasteiger partial charge in [-0.15, -0.1) is 0 Å². The van der Waals surface area contributed by atoms with E-state index in [9.17, 15) is 27.2 Å². The summed E-state index contributed by atoms with van der Waals surface area (Å²) in [5, 5.41) is 2.00. The average molecular weight is 1030 g/mol. The van der Waals surface area contributed by atoms with Crippen LogP contribution in [-0.4, -0.2) is 143 Å². The van der Waals surface area contributed by atoms with Crippen molar-refractivity contribution in [1.29, 1.82) is 0 Å². The summed E-state index contributed by atoms with van der Waals surface area (Å²) in [5.41, 5.74) is 19.8. The zero-order valence-corrected chi connectivity index (χ0v) is 42.4. The zero-order chi connectivity index (χ0) is 52.3. The number of nitrogens with one attached hydrogen (secondary N) is 2. The van der Waals surface area contributed by atoms with E-state index in [0.29, 0.717) is 44.4 Å². The first-order valence-corrected chi connectivity index (χ1v) is 25.6. The molecule has 0 amide bonds. The molecule has 2 fully saturated rings. The summed E-state index contributed by atoms with van der Waals surface area (Å²) < 4.78 is 69.3. The summed E-state index contributed by atoms with van der Waals surface area (Å²) in [7, 11) is 0. The van der Waals surface area contributed by atoms with E-state index in [1.807, 2.05) is 12.1 Å².